The van der Waals surface area contributed by atoms with Gasteiger partial charge in [-0.1, -0.05) is 49.8 Å². The Hall–Kier alpha value is -1.56. The summed E-state index contributed by atoms with van der Waals surface area (Å²) in [5.74, 6) is 0. The van der Waals surface area contributed by atoms with E-state index in [1.807, 2.05) is 6.19 Å². The summed E-state index contributed by atoms with van der Waals surface area (Å²) in [5.41, 5.74) is 4.87. The molecule has 0 atom stereocenters. The molecule has 2 nitrogen and oxygen atoms in total. The van der Waals surface area contributed by atoms with Crippen molar-refractivity contribution in [1.82, 2.24) is 0 Å². The van der Waals surface area contributed by atoms with Gasteiger partial charge < -0.3 is 0 Å². The van der Waals surface area contributed by atoms with Gasteiger partial charge in [-0.3, -0.25) is 0 Å². The van der Waals surface area contributed by atoms with Gasteiger partial charge in [-0.2, -0.15) is 10.3 Å². The molecule has 2 rings (SSSR count). The lowest BCUT2D eigenvalue weighted by Crippen LogP contribution is -2.25. The van der Waals surface area contributed by atoms with Gasteiger partial charge in [0, 0.05) is 0 Å². The molecule has 0 radical (unpaired) electrons. The minimum Gasteiger partial charge on any atom is -0.178 e. The van der Waals surface area contributed by atoms with Gasteiger partial charge in [0.2, 0.25) is 6.19 Å². The van der Waals surface area contributed by atoms with E-state index in [0.29, 0.717) is 5.41 Å². The number of hydrogen-bond acceptors (Lipinski definition) is 2. The summed E-state index contributed by atoms with van der Waals surface area (Å²) in [6.45, 7) is 4.45. The van der Waals surface area contributed by atoms with Gasteiger partial charge >= 0.3 is 0 Å². The molecule has 20 heavy (non-hydrogen) atoms. The van der Waals surface area contributed by atoms with Crippen LogP contribution in [0.5, 0.6) is 0 Å². The summed E-state index contributed by atoms with van der Waals surface area (Å²) in [4.78, 5) is 4.16. The van der Waals surface area contributed by atoms with E-state index in [1.54, 1.807) is 0 Å². The molecule has 3 heteroatoms. The third-order valence-corrected chi connectivity index (χ3v) is 4.54. The molecular formula is C17H23BN2. The standard InChI is InChI=1S/C17H23BN2/c1-13-6-7-14(18)10-15(13)16(20-12-19)11-17(2)8-4-3-5-9-17/h6-7,10H,3-5,8-9,11,18H2,1-2H3/b20-16+. The first-order chi connectivity index (χ1) is 9.54. The van der Waals surface area contributed by atoms with Gasteiger partial charge in [0.15, 0.2) is 0 Å². The molecule has 1 aromatic carbocycles. The molecule has 0 amide bonds. The van der Waals surface area contributed by atoms with Gasteiger partial charge in [-0.25, -0.2) is 0 Å². The van der Waals surface area contributed by atoms with E-state index >= 15 is 0 Å². The third kappa shape index (κ3) is 3.51. The van der Waals surface area contributed by atoms with E-state index in [2.05, 4.69) is 44.9 Å². The molecule has 1 saturated carbocycles. The van der Waals surface area contributed by atoms with E-state index < -0.39 is 0 Å². The maximum absolute atomic E-state index is 9.03. The summed E-state index contributed by atoms with van der Waals surface area (Å²) in [6.07, 6.45) is 9.40. The molecule has 1 aliphatic rings. The van der Waals surface area contributed by atoms with E-state index in [0.717, 1.165) is 17.7 Å². The van der Waals surface area contributed by atoms with Crippen molar-refractivity contribution in [2.45, 2.75) is 52.4 Å². The Morgan fingerprint density at radius 3 is 2.70 bits per heavy atom. The van der Waals surface area contributed by atoms with Crippen LogP contribution in [0.1, 0.15) is 56.6 Å². The first kappa shape index (κ1) is 14.8. The molecule has 104 valence electrons. The minimum absolute atomic E-state index is 0.310. The molecule has 0 saturated heterocycles. The van der Waals surface area contributed by atoms with Crippen molar-refractivity contribution in [3.63, 3.8) is 0 Å². The Morgan fingerprint density at radius 1 is 1.35 bits per heavy atom. The highest BCUT2D eigenvalue weighted by atomic mass is 14.7. The lowest BCUT2D eigenvalue weighted by atomic mass is 9.71. The summed E-state index contributed by atoms with van der Waals surface area (Å²) in [5, 5.41) is 9.03. The van der Waals surface area contributed by atoms with Crippen molar-refractivity contribution in [2.24, 2.45) is 10.4 Å². The molecule has 1 aromatic rings. The van der Waals surface area contributed by atoms with Crippen LogP contribution < -0.4 is 5.46 Å². The van der Waals surface area contributed by atoms with E-state index in [9.17, 15) is 0 Å². The number of aryl methyl sites for hydroxylation is 1. The molecule has 1 fully saturated rings. The average Bonchev–Trinajstić information content (AvgIpc) is 2.42. The van der Waals surface area contributed by atoms with Gasteiger partial charge in [-0.05, 0) is 42.7 Å². The molecule has 0 aromatic heterocycles. The quantitative estimate of drug-likeness (QED) is 0.470. The van der Waals surface area contributed by atoms with Crippen molar-refractivity contribution in [1.29, 1.82) is 5.26 Å². The second-order valence-corrected chi connectivity index (χ2v) is 6.52. The van der Waals surface area contributed by atoms with Gasteiger partial charge in [0.25, 0.3) is 0 Å². The first-order valence-corrected chi connectivity index (χ1v) is 7.57. The largest absolute Gasteiger partial charge is 0.205 e. The van der Waals surface area contributed by atoms with Crippen molar-refractivity contribution in [3.05, 3.63) is 29.3 Å². The predicted octanol–water partition coefficient (Wildman–Crippen LogP) is 2.88. The average molecular weight is 266 g/mol. The van der Waals surface area contributed by atoms with Crippen LogP contribution in [0, 0.1) is 23.8 Å². The third-order valence-electron chi connectivity index (χ3n) is 4.54. The fourth-order valence-electron chi connectivity index (χ4n) is 3.29. The maximum atomic E-state index is 9.03. The van der Waals surface area contributed by atoms with Crippen molar-refractivity contribution in [2.75, 3.05) is 0 Å². The van der Waals surface area contributed by atoms with Crippen LogP contribution in [0.2, 0.25) is 0 Å². The topological polar surface area (TPSA) is 36.1 Å². The summed E-state index contributed by atoms with van der Waals surface area (Å²) >= 11 is 0. The second-order valence-electron chi connectivity index (χ2n) is 6.52. The number of benzene rings is 1. The van der Waals surface area contributed by atoms with Gasteiger partial charge in [-0.15, -0.1) is 0 Å². The second kappa shape index (κ2) is 6.26. The Balaban J connectivity index is 2.30. The monoisotopic (exact) mass is 266 g/mol. The lowest BCUT2D eigenvalue weighted by molar-refractivity contribution is 0.226. The number of rotatable bonds is 3. The molecule has 0 heterocycles. The highest BCUT2D eigenvalue weighted by Crippen LogP contribution is 2.39. The Labute approximate surface area is 123 Å². The number of nitrogens with zero attached hydrogens (tertiary/aromatic N) is 2. The van der Waals surface area contributed by atoms with E-state index in [1.165, 1.54) is 43.1 Å². The van der Waals surface area contributed by atoms with E-state index in [4.69, 9.17) is 5.26 Å². The molecule has 0 bridgehead atoms. The van der Waals surface area contributed by atoms with Gasteiger partial charge in [0.1, 0.15) is 7.85 Å². The van der Waals surface area contributed by atoms with Crippen LogP contribution >= 0.6 is 0 Å². The summed E-state index contributed by atoms with van der Waals surface area (Å²) < 4.78 is 0. The molecule has 0 unspecified atom stereocenters. The lowest BCUT2D eigenvalue weighted by Gasteiger charge is -2.34. The smallest absolute Gasteiger partial charge is 0.178 e. The summed E-state index contributed by atoms with van der Waals surface area (Å²) in [7, 11) is 2.09. The van der Waals surface area contributed by atoms with Crippen LogP contribution in [-0.4, -0.2) is 13.6 Å². The van der Waals surface area contributed by atoms with Crippen LogP contribution in [0.15, 0.2) is 23.2 Å². The van der Waals surface area contributed by atoms with Crippen LogP contribution in [0.25, 0.3) is 0 Å². The molecule has 0 spiro atoms. The zero-order valence-corrected chi connectivity index (χ0v) is 12.9. The van der Waals surface area contributed by atoms with Crippen LogP contribution in [0.4, 0.5) is 0 Å². The first-order valence-electron chi connectivity index (χ1n) is 7.57. The van der Waals surface area contributed by atoms with Crippen molar-refractivity contribution in [3.8, 4) is 6.19 Å². The van der Waals surface area contributed by atoms with Crippen LogP contribution in [0.3, 0.4) is 0 Å². The zero-order chi connectivity index (χ0) is 14.6. The van der Waals surface area contributed by atoms with E-state index in [-0.39, 0.29) is 0 Å². The fraction of sp³-hybridized carbons (Fsp3) is 0.529. The zero-order valence-electron chi connectivity index (χ0n) is 12.9. The molecule has 0 aliphatic heterocycles. The number of hydrogen-bond donors (Lipinski definition) is 0. The Morgan fingerprint density at radius 2 is 2.05 bits per heavy atom. The number of aliphatic imine (C=N–C) groups is 1. The molecular weight excluding hydrogens is 243 g/mol. The van der Waals surface area contributed by atoms with Crippen LogP contribution in [-0.2, 0) is 0 Å². The predicted molar refractivity (Wildman–Crippen MR) is 87.3 cm³/mol. The minimum atomic E-state index is 0.310. The van der Waals surface area contributed by atoms with Gasteiger partial charge in [0.05, 0.1) is 5.71 Å². The van der Waals surface area contributed by atoms with Crippen molar-refractivity contribution >= 4 is 19.0 Å². The Bertz CT molecular complexity index is 549. The SMILES string of the molecule is Bc1ccc(C)c(/C(CC2(C)CCCCC2)=N/C#N)c1. The molecule has 0 N–H and O–H groups in total. The normalized spacial score (nSPS) is 18.6. The highest BCUT2D eigenvalue weighted by Gasteiger charge is 2.29. The Kier molecular flexibility index (Phi) is 4.65. The molecule has 1 aliphatic carbocycles. The summed E-state index contributed by atoms with van der Waals surface area (Å²) in [6, 6.07) is 6.41. The fourth-order valence-corrected chi connectivity index (χ4v) is 3.29. The highest BCUT2D eigenvalue weighted by molar-refractivity contribution is 6.32. The number of nitriles is 1. The van der Waals surface area contributed by atoms with Crippen molar-refractivity contribution < 1.29 is 0 Å². The maximum Gasteiger partial charge on any atom is 0.205 e.